The Bertz CT molecular complexity index is 849. The van der Waals surface area contributed by atoms with Gasteiger partial charge < -0.3 is 14.9 Å². The van der Waals surface area contributed by atoms with E-state index in [1.165, 1.54) is 31.4 Å². The molecule has 116 valence electrons. The zero-order valence-corrected chi connectivity index (χ0v) is 12.8. The summed E-state index contributed by atoms with van der Waals surface area (Å²) >= 11 is 4.76. The molecule has 0 saturated carbocycles. The summed E-state index contributed by atoms with van der Waals surface area (Å²) in [6.07, 6.45) is 1.42. The maximum atomic E-state index is 10.8. The zero-order valence-electron chi connectivity index (χ0n) is 12.0. The van der Waals surface area contributed by atoms with Gasteiger partial charge >= 0.3 is 0 Å². The van der Waals surface area contributed by atoms with Crippen molar-refractivity contribution < 1.29 is 14.1 Å². The van der Waals surface area contributed by atoms with Crippen molar-refractivity contribution in [3.05, 3.63) is 51.8 Å². The summed E-state index contributed by atoms with van der Waals surface area (Å²) in [7, 11) is 1.41. The Balaban J connectivity index is 2.43. The number of nitriles is 1. The summed E-state index contributed by atoms with van der Waals surface area (Å²) < 4.78 is 10.8. The predicted octanol–water partition coefficient (Wildman–Crippen LogP) is 3.06. The van der Waals surface area contributed by atoms with Gasteiger partial charge in [0.1, 0.15) is 28.3 Å². The number of non-ortho nitro benzene ring substituents is 1. The quantitative estimate of drug-likeness (QED) is 0.294. The summed E-state index contributed by atoms with van der Waals surface area (Å²) in [5.74, 6) is 1.12. The Kier molecular flexibility index (Phi) is 4.73. The normalized spacial score (nSPS) is 10.9. The number of hydrogen-bond donors (Lipinski definition) is 1. The molecular weight excluding hydrogens is 318 g/mol. The Morgan fingerprint density at radius 1 is 1.48 bits per heavy atom. The van der Waals surface area contributed by atoms with Crippen LogP contribution in [-0.2, 0) is 0 Å². The second kappa shape index (κ2) is 6.72. The maximum absolute atomic E-state index is 10.8. The third-order valence-corrected chi connectivity index (χ3v) is 3.18. The standard InChI is InChI=1S/C15H11N3O4S/c1-21-14-7-10(18(19)20)2-4-12(14)13-5-3-11(22-13)6-9(8-16)15(17)23/h2-7H,1H3,(H2,17,23)/b9-6+. The highest BCUT2D eigenvalue weighted by Gasteiger charge is 2.15. The first-order chi connectivity index (χ1) is 11.0. The smallest absolute Gasteiger partial charge is 0.273 e. The number of thiocarbonyl (C=S) groups is 1. The number of furan rings is 1. The highest BCUT2D eigenvalue weighted by molar-refractivity contribution is 7.80. The lowest BCUT2D eigenvalue weighted by molar-refractivity contribution is -0.384. The molecule has 2 rings (SSSR count). The van der Waals surface area contributed by atoms with Crippen LogP contribution in [0, 0.1) is 21.4 Å². The van der Waals surface area contributed by atoms with Gasteiger partial charge in [-0.1, -0.05) is 12.2 Å². The summed E-state index contributed by atoms with van der Waals surface area (Å²) in [5.41, 5.74) is 6.00. The van der Waals surface area contributed by atoms with Gasteiger partial charge in [-0.2, -0.15) is 5.26 Å². The van der Waals surface area contributed by atoms with Gasteiger partial charge in [0.05, 0.1) is 29.2 Å². The molecule has 0 unspecified atom stereocenters. The van der Waals surface area contributed by atoms with Gasteiger partial charge in [0.15, 0.2) is 0 Å². The van der Waals surface area contributed by atoms with Crippen molar-refractivity contribution in [3.63, 3.8) is 0 Å². The van der Waals surface area contributed by atoms with Crippen LogP contribution in [0.15, 0.2) is 40.3 Å². The highest BCUT2D eigenvalue weighted by atomic mass is 32.1. The molecule has 0 radical (unpaired) electrons. The van der Waals surface area contributed by atoms with Crippen molar-refractivity contribution in [1.29, 1.82) is 5.26 Å². The molecule has 0 aliphatic carbocycles. The van der Waals surface area contributed by atoms with E-state index in [4.69, 9.17) is 32.4 Å². The van der Waals surface area contributed by atoms with Crippen molar-refractivity contribution in [1.82, 2.24) is 0 Å². The number of hydrogen-bond acceptors (Lipinski definition) is 6. The second-order valence-electron chi connectivity index (χ2n) is 4.38. The minimum absolute atomic E-state index is 0.0293. The number of nitro groups is 1. The molecule has 0 aliphatic rings. The van der Waals surface area contributed by atoms with Gasteiger partial charge in [-0.25, -0.2) is 0 Å². The summed E-state index contributed by atoms with van der Waals surface area (Å²) in [6, 6.07) is 9.36. The number of rotatable bonds is 5. The lowest BCUT2D eigenvalue weighted by atomic mass is 10.1. The van der Waals surface area contributed by atoms with E-state index in [0.717, 1.165) is 0 Å². The highest BCUT2D eigenvalue weighted by Crippen LogP contribution is 2.34. The maximum Gasteiger partial charge on any atom is 0.273 e. The molecule has 0 spiro atoms. The SMILES string of the molecule is COc1cc([N+](=O)[O-])ccc1-c1ccc(/C=C(\C#N)C(N)=S)o1. The minimum atomic E-state index is -0.510. The first-order valence-electron chi connectivity index (χ1n) is 6.30. The van der Waals surface area contributed by atoms with E-state index in [2.05, 4.69) is 0 Å². The molecular formula is C15H11N3O4S. The van der Waals surface area contributed by atoms with Gasteiger partial charge in [0.25, 0.3) is 5.69 Å². The Morgan fingerprint density at radius 3 is 2.78 bits per heavy atom. The Morgan fingerprint density at radius 2 is 2.22 bits per heavy atom. The third-order valence-electron chi connectivity index (χ3n) is 2.96. The van der Waals surface area contributed by atoms with E-state index in [-0.39, 0.29) is 16.2 Å². The van der Waals surface area contributed by atoms with Crippen LogP contribution in [0.2, 0.25) is 0 Å². The molecule has 0 amide bonds. The van der Waals surface area contributed by atoms with Crippen LogP contribution >= 0.6 is 12.2 Å². The van der Waals surface area contributed by atoms with Gasteiger partial charge in [-0.3, -0.25) is 10.1 Å². The molecule has 2 N–H and O–H groups in total. The number of nitrogens with two attached hydrogens (primary N) is 1. The topological polar surface area (TPSA) is 115 Å². The van der Waals surface area contributed by atoms with Crippen molar-refractivity contribution >= 4 is 29.0 Å². The van der Waals surface area contributed by atoms with Crippen LogP contribution in [-0.4, -0.2) is 17.0 Å². The molecule has 1 aromatic carbocycles. The first-order valence-corrected chi connectivity index (χ1v) is 6.71. The van der Waals surface area contributed by atoms with Gasteiger partial charge in [-0.15, -0.1) is 0 Å². The first kappa shape index (κ1) is 16.2. The van der Waals surface area contributed by atoms with Crippen LogP contribution in [0.3, 0.4) is 0 Å². The van der Waals surface area contributed by atoms with Crippen molar-refractivity contribution in [2.45, 2.75) is 0 Å². The minimum Gasteiger partial charge on any atom is -0.496 e. The molecule has 1 aromatic heterocycles. The average Bonchev–Trinajstić information content (AvgIpc) is 2.99. The average molecular weight is 329 g/mol. The van der Waals surface area contributed by atoms with Crippen molar-refractivity contribution in [2.75, 3.05) is 7.11 Å². The fourth-order valence-corrected chi connectivity index (χ4v) is 1.98. The van der Waals surface area contributed by atoms with Crippen LogP contribution < -0.4 is 10.5 Å². The summed E-state index contributed by atoms with van der Waals surface area (Å²) in [4.78, 5) is 10.3. The molecule has 23 heavy (non-hydrogen) atoms. The van der Waals surface area contributed by atoms with E-state index in [1.807, 2.05) is 6.07 Å². The van der Waals surface area contributed by atoms with E-state index >= 15 is 0 Å². The van der Waals surface area contributed by atoms with Gasteiger partial charge in [0.2, 0.25) is 0 Å². The van der Waals surface area contributed by atoms with E-state index in [9.17, 15) is 10.1 Å². The number of ether oxygens (including phenoxy) is 1. The molecule has 0 bridgehead atoms. The molecule has 0 fully saturated rings. The van der Waals surface area contributed by atoms with E-state index < -0.39 is 4.92 Å². The summed E-state index contributed by atoms with van der Waals surface area (Å²) in [5, 5.41) is 19.7. The van der Waals surface area contributed by atoms with Crippen molar-refractivity contribution in [2.24, 2.45) is 5.73 Å². The second-order valence-corrected chi connectivity index (χ2v) is 4.82. The van der Waals surface area contributed by atoms with Gasteiger partial charge in [0, 0.05) is 12.1 Å². The fourth-order valence-electron chi connectivity index (χ4n) is 1.87. The molecule has 0 aliphatic heterocycles. The third kappa shape index (κ3) is 3.53. The summed E-state index contributed by atoms with van der Waals surface area (Å²) in [6.45, 7) is 0. The van der Waals surface area contributed by atoms with E-state index in [0.29, 0.717) is 22.8 Å². The molecule has 2 aromatic rings. The Hall–Kier alpha value is -3.18. The van der Waals surface area contributed by atoms with Crippen LogP contribution in [0.25, 0.3) is 17.4 Å². The molecule has 0 saturated heterocycles. The van der Waals surface area contributed by atoms with Crippen molar-refractivity contribution in [3.8, 4) is 23.1 Å². The van der Waals surface area contributed by atoms with E-state index in [1.54, 1.807) is 12.1 Å². The molecule has 8 heteroatoms. The lowest BCUT2D eigenvalue weighted by Crippen LogP contribution is -2.09. The largest absolute Gasteiger partial charge is 0.496 e. The number of nitro benzene ring substituents is 1. The zero-order chi connectivity index (χ0) is 17.0. The monoisotopic (exact) mass is 329 g/mol. The van der Waals surface area contributed by atoms with Crippen LogP contribution in [0.4, 0.5) is 5.69 Å². The number of nitrogens with zero attached hydrogens (tertiary/aromatic N) is 2. The predicted molar refractivity (Wildman–Crippen MR) is 87.7 cm³/mol. The van der Waals surface area contributed by atoms with Crippen LogP contribution in [0.5, 0.6) is 5.75 Å². The molecule has 1 heterocycles. The lowest BCUT2D eigenvalue weighted by Gasteiger charge is -2.05. The van der Waals surface area contributed by atoms with Crippen LogP contribution in [0.1, 0.15) is 5.76 Å². The molecule has 7 nitrogen and oxygen atoms in total. The number of benzene rings is 1. The Labute approximate surface area is 136 Å². The molecule has 0 atom stereocenters. The van der Waals surface area contributed by atoms with Gasteiger partial charge in [-0.05, 0) is 18.2 Å². The fraction of sp³-hybridized carbons (Fsp3) is 0.0667. The number of methoxy groups -OCH3 is 1.